The Morgan fingerprint density at radius 3 is 2.07 bits per heavy atom. The minimum atomic E-state index is -5.46. The molecule has 6 nitrogen and oxygen atoms in total. The van der Waals surface area contributed by atoms with Crippen molar-refractivity contribution in [2.75, 3.05) is 5.32 Å². The first-order chi connectivity index (χ1) is 12.6. The third-order valence-corrected chi connectivity index (χ3v) is 6.54. The molecule has 2 fully saturated rings. The van der Waals surface area contributed by atoms with Gasteiger partial charge in [0.25, 0.3) is 9.84 Å². The van der Waals surface area contributed by atoms with Gasteiger partial charge in [-0.1, -0.05) is 12.1 Å². The second kappa shape index (κ2) is 7.14. The highest BCUT2D eigenvalue weighted by Gasteiger charge is 2.48. The fourth-order valence-electron chi connectivity index (χ4n) is 3.64. The van der Waals surface area contributed by atoms with Gasteiger partial charge in [-0.15, -0.1) is 0 Å². The van der Waals surface area contributed by atoms with Gasteiger partial charge in [-0.2, -0.15) is 13.2 Å². The van der Waals surface area contributed by atoms with Crippen LogP contribution in [0.25, 0.3) is 0 Å². The molecule has 0 radical (unpaired) electrons. The molecule has 1 aromatic rings. The van der Waals surface area contributed by atoms with Gasteiger partial charge in [0.15, 0.2) is 0 Å². The van der Waals surface area contributed by atoms with E-state index in [1.54, 1.807) is 0 Å². The third-order valence-electron chi connectivity index (χ3n) is 4.99. The van der Waals surface area contributed by atoms with Crippen molar-refractivity contribution in [2.45, 2.75) is 61.0 Å². The Bertz CT molecular complexity index is 830. The van der Waals surface area contributed by atoms with Crippen molar-refractivity contribution in [2.24, 2.45) is 0 Å². The molecule has 10 heteroatoms. The maximum Gasteiger partial charge on any atom is 0.501 e. The van der Waals surface area contributed by atoms with Gasteiger partial charge in [-0.25, -0.2) is 8.42 Å². The molecule has 1 aliphatic heterocycles. The number of imide groups is 1. The first kappa shape index (κ1) is 19.7. The molecular formula is C17H19F3N2O4S. The van der Waals surface area contributed by atoms with Crippen molar-refractivity contribution in [3.63, 3.8) is 0 Å². The lowest BCUT2D eigenvalue weighted by Gasteiger charge is -2.34. The maximum absolute atomic E-state index is 12.9. The standard InChI is InChI=1S/C17H19F3N2O4S/c18-17(19,20)27(25,26)14-4-2-1-3-13(14)21-11-5-7-12(8-6-11)22-15(23)9-10-16(22)24/h1-4,11-12,21H,5-10H2. The lowest BCUT2D eigenvalue weighted by Crippen LogP contribution is -2.43. The summed E-state index contributed by atoms with van der Waals surface area (Å²) in [6, 6.07) is 4.51. The number of sulfone groups is 1. The Balaban J connectivity index is 1.70. The van der Waals surface area contributed by atoms with E-state index in [1.165, 1.54) is 23.1 Å². The number of benzene rings is 1. The average Bonchev–Trinajstić information content (AvgIpc) is 2.94. The predicted molar refractivity (Wildman–Crippen MR) is 90.4 cm³/mol. The summed E-state index contributed by atoms with van der Waals surface area (Å²) in [4.78, 5) is 24.1. The van der Waals surface area contributed by atoms with Crippen molar-refractivity contribution in [1.82, 2.24) is 4.90 Å². The van der Waals surface area contributed by atoms with Gasteiger partial charge in [0.1, 0.15) is 0 Å². The van der Waals surface area contributed by atoms with E-state index in [9.17, 15) is 31.2 Å². The number of hydrogen-bond donors (Lipinski definition) is 1. The van der Waals surface area contributed by atoms with Crippen LogP contribution in [-0.2, 0) is 19.4 Å². The number of para-hydroxylation sites is 1. The lowest BCUT2D eigenvalue weighted by atomic mass is 9.90. The van der Waals surface area contributed by atoms with Crippen molar-refractivity contribution in [3.8, 4) is 0 Å². The molecular weight excluding hydrogens is 385 g/mol. The normalized spacial score (nSPS) is 24.3. The highest BCUT2D eigenvalue weighted by Crippen LogP contribution is 2.36. The van der Waals surface area contributed by atoms with Crippen molar-refractivity contribution in [1.29, 1.82) is 0 Å². The number of likely N-dealkylation sites (tertiary alicyclic amines) is 1. The first-order valence-electron chi connectivity index (χ1n) is 8.63. The van der Waals surface area contributed by atoms with Gasteiger partial charge in [-0.3, -0.25) is 14.5 Å². The van der Waals surface area contributed by atoms with Gasteiger partial charge in [0.05, 0.1) is 10.6 Å². The largest absolute Gasteiger partial charge is 0.501 e. The average molecular weight is 404 g/mol. The van der Waals surface area contributed by atoms with E-state index < -0.39 is 20.2 Å². The van der Waals surface area contributed by atoms with Gasteiger partial charge < -0.3 is 5.32 Å². The molecule has 3 rings (SSSR count). The monoisotopic (exact) mass is 404 g/mol. The van der Waals surface area contributed by atoms with E-state index in [4.69, 9.17) is 0 Å². The van der Waals surface area contributed by atoms with Crippen LogP contribution in [-0.4, -0.2) is 42.7 Å². The highest BCUT2D eigenvalue weighted by atomic mass is 32.2. The van der Waals surface area contributed by atoms with Crippen LogP contribution in [0.5, 0.6) is 0 Å². The summed E-state index contributed by atoms with van der Waals surface area (Å²) in [5, 5.41) is 2.89. The molecule has 1 heterocycles. The SMILES string of the molecule is O=C1CCC(=O)N1C1CCC(Nc2ccccc2S(=O)(=O)C(F)(F)F)CC1. The van der Waals surface area contributed by atoms with Crippen LogP contribution < -0.4 is 5.32 Å². The van der Waals surface area contributed by atoms with Crippen LogP contribution in [0.2, 0.25) is 0 Å². The van der Waals surface area contributed by atoms with Crippen LogP contribution in [0.1, 0.15) is 38.5 Å². The van der Waals surface area contributed by atoms with Crippen LogP contribution in [0.3, 0.4) is 0 Å². The zero-order chi connectivity index (χ0) is 19.8. The molecule has 1 aliphatic carbocycles. The highest BCUT2D eigenvalue weighted by molar-refractivity contribution is 7.92. The summed E-state index contributed by atoms with van der Waals surface area (Å²) in [6.07, 6.45) is 2.54. The summed E-state index contributed by atoms with van der Waals surface area (Å²) >= 11 is 0. The number of halogens is 3. The summed E-state index contributed by atoms with van der Waals surface area (Å²) < 4.78 is 62.2. The molecule has 1 N–H and O–H groups in total. The van der Waals surface area contributed by atoms with E-state index in [1.807, 2.05) is 0 Å². The van der Waals surface area contributed by atoms with E-state index in [0.29, 0.717) is 25.7 Å². The zero-order valence-electron chi connectivity index (χ0n) is 14.3. The molecule has 0 unspecified atom stereocenters. The zero-order valence-corrected chi connectivity index (χ0v) is 15.1. The third kappa shape index (κ3) is 3.80. The van der Waals surface area contributed by atoms with Gasteiger partial charge in [0.2, 0.25) is 11.8 Å². The Morgan fingerprint density at radius 2 is 1.52 bits per heavy atom. The van der Waals surface area contributed by atoms with Crippen molar-refractivity contribution >= 4 is 27.3 Å². The van der Waals surface area contributed by atoms with E-state index >= 15 is 0 Å². The molecule has 2 aliphatic rings. The number of carbonyl (C=O) groups excluding carboxylic acids is 2. The number of hydrogen-bond acceptors (Lipinski definition) is 5. The number of alkyl halides is 3. The summed E-state index contributed by atoms with van der Waals surface area (Å²) in [7, 11) is -5.46. The minimum Gasteiger partial charge on any atom is -0.381 e. The second-order valence-electron chi connectivity index (χ2n) is 6.75. The molecule has 27 heavy (non-hydrogen) atoms. The van der Waals surface area contributed by atoms with Gasteiger partial charge in [-0.05, 0) is 37.8 Å². The molecule has 0 spiro atoms. The molecule has 1 saturated carbocycles. The number of anilines is 1. The number of carbonyl (C=O) groups is 2. The van der Waals surface area contributed by atoms with Crippen molar-refractivity contribution < 1.29 is 31.2 Å². The Morgan fingerprint density at radius 1 is 0.963 bits per heavy atom. The predicted octanol–water partition coefficient (Wildman–Crippen LogP) is 2.85. The Hall–Kier alpha value is -2.10. The molecule has 148 valence electrons. The molecule has 0 atom stereocenters. The Kier molecular flexibility index (Phi) is 5.20. The summed E-state index contributed by atoms with van der Waals surface area (Å²) in [5.41, 5.74) is -5.47. The number of nitrogens with zero attached hydrogens (tertiary/aromatic N) is 1. The molecule has 1 aromatic carbocycles. The first-order valence-corrected chi connectivity index (χ1v) is 10.1. The van der Waals surface area contributed by atoms with Gasteiger partial charge >= 0.3 is 5.51 Å². The fraction of sp³-hybridized carbons (Fsp3) is 0.529. The number of amides is 2. The van der Waals surface area contributed by atoms with E-state index in [2.05, 4.69) is 5.32 Å². The number of rotatable bonds is 4. The van der Waals surface area contributed by atoms with Crippen LogP contribution in [0, 0.1) is 0 Å². The topological polar surface area (TPSA) is 83.6 Å². The maximum atomic E-state index is 12.9. The van der Waals surface area contributed by atoms with Crippen LogP contribution >= 0.6 is 0 Å². The van der Waals surface area contributed by atoms with Crippen molar-refractivity contribution in [3.05, 3.63) is 24.3 Å². The van der Waals surface area contributed by atoms with E-state index in [0.717, 1.165) is 6.07 Å². The fourth-order valence-corrected chi connectivity index (χ4v) is 4.57. The van der Waals surface area contributed by atoms with Gasteiger partial charge in [0, 0.05) is 24.9 Å². The van der Waals surface area contributed by atoms with Crippen LogP contribution in [0.4, 0.5) is 18.9 Å². The summed E-state index contributed by atoms with van der Waals surface area (Å²) in [6.45, 7) is 0. The van der Waals surface area contributed by atoms with Crippen LogP contribution in [0.15, 0.2) is 29.2 Å². The summed E-state index contributed by atoms with van der Waals surface area (Å²) in [5.74, 6) is -0.365. The minimum absolute atomic E-state index is 0.0911. The molecule has 0 bridgehead atoms. The quantitative estimate of drug-likeness (QED) is 0.781. The molecule has 1 saturated heterocycles. The molecule has 0 aromatic heterocycles. The Labute approximate surface area is 154 Å². The lowest BCUT2D eigenvalue weighted by molar-refractivity contribution is -0.141. The smallest absolute Gasteiger partial charge is 0.381 e. The molecule has 2 amide bonds. The van der Waals surface area contributed by atoms with E-state index in [-0.39, 0.29) is 42.4 Å². The second-order valence-corrected chi connectivity index (χ2v) is 8.66. The number of nitrogens with one attached hydrogen (secondary N) is 1.